The molecule has 0 amide bonds. The molecule has 7 atom stereocenters. The van der Waals surface area contributed by atoms with Crippen LogP contribution >= 0.6 is 0 Å². The average Bonchev–Trinajstić information content (AvgIpc) is 3.11. The van der Waals surface area contributed by atoms with Crippen molar-refractivity contribution in [2.24, 2.45) is 46.8 Å². The van der Waals surface area contributed by atoms with Crippen LogP contribution in [0.15, 0.2) is 12.2 Å². The molecule has 0 aliphatic heterocycles. The maximum Gasteiger partial charge on any atom is 0.0236 e. The van der Waals surface area contributed by atoms with Gasteiger partial charge >= 0.3 is 0 Å². The minimum atomic E-state index is 0.0694. The molecule has 32 heavy (non-hydrogen) atoms. The van der Waals surface area contributed by atoms with Crippen LogP contribution < -0.4 is 16.6 Å². The van der Waals surface area contributed by atoms with Crippen molar-refractivity contribution in [3.05, 3.63) is 12.2 Å². The van der Waals surface area contributed by atoms with Crippen LogP contribution in [-0.2, 0) is 0 Å². The second kappa shape index (κ2) is 12.4. The molecule has 3 nitrogen and oxygen atoms in total. The summed E-state index contributed by atoms with van der Waals surface area (Å²) >= 11 is 0. The second-order valence-corrected chi connectivity index (χ2v) is 12.8. The molecule has 3 fully saturated rings. The highest BCUT2D eigenvalue weighted by Crippen LogP contribution is 2.59. The molecular formula is C29H57N3. The molecule has 0 aromatic carbocycles. The normalized spacial score (nSPS) is 37.4. The van der Waals surface area contributed by atoms with Crippen molar-refractivity contribution in [1.82, 2.24) is 10.7 Å². The lowest BCUT2D eigenvalue weighted by molar-refractivity contribution is 0.0349. The van der Waals surface area contributed by atoms with Crippen LogP contribution in [-0.4, -0.2) is 18.6 Å². The number of fused-ring (bicyclic) bond motifs is 1. The fourth-order valence-corrected chi connectivity index (χ4v) is 7.29. The number of hydrogen-bond donors (Lipinski definition) is 3. The van der Waals surface area contributed by atoms with Gasteiger partial charge in [0.2, 0.25) is 0 Å². The summed E-state index contributed by atoms with van der Waals surface area (Å²) in [6.45, 7) is 22.5. The summed E-state index contributed by atoms with van der Waals surface area (Å²) in [5.74, 6) is 10.8. The van der Waals surface area contributed by atoms with Crippen LogP contribution in [0.5, 0.6) is 0 Å². The Labute approximate surface area is 201 Å². The van der Waals surface area contributed by atoms with Gasteiger partial charge < -0.3 is 5.32 Å². The van der Waals surface area contributed by atoms with E-state index in [1.165, 1.54) is 63.4 Å². The van der Waals surface area contributed by atoms with Crippen molar-refractivity contribution in [1.29, 1.82) is 0 Å². The van der Waals surface area contributed by atoms with E-state index in [4.69, 9.17) is 5.84 Å². The maximum absolute atomic E-state index is 5.06. The highest BCUT2D eigenvalue weighted by Gasteiger charge is 2.50. The van der Waals surface area contributed by atoms with Gasteiger partial charge in [-0.1, -0.05) is 46.3 Å². The Morgan fingerprint density at radius 2 is 1.56 bits per heavy atom. The lowest BCUT2D eigenvalue weighted by Crippen LogP contribution is -2.41. The highest BCUT2D eigenvalue weighted by atomic mass is 15.2. The van der Waals surface area contributed by atoms with Gasteiger partial charge in [-0.2, -0.15) is 0 Å². The highest BCUT2D eigenvalue weighted by molar-refractivity contribution is 5.14. The Kier molecular flexibility index (Phi) is 10.8. The van der Waals surface area contributed by atoms with Crippen LogP contribution in [0.4, 0.5) is 0 Å². The molecule has 0 aromatic heterocycles. The summed E-state index contributed by atoms with van der Waals surface area (Å²) in [6, 6.07) is 0. The quantitative estimate of drug-likeness (QED) is 0.169. The van der Waals surface area contributed by atoms with Gasteiger partial charge in [0.25, 0.3) is 0 Å². The van der Waals surface area contributed by atoms with Crippen molar-refractivity contribution in [2.45, 2.75) is 118 Å². The molecule has 188 valence electrons. The van der Waals surface area contributed by atoms with Crippen molar-refractivity contribution in [2.75, 3.05) is 13.1 Å². The topological polar surface area (TPSA) is 50.1 Å². The molecule has 0 heterocycles. The van der Waals surface area contributed by atoms with E-state index in [0.29, 0.717) is 5.41 Å². The molecule has 0 bridgehead atoms. The van der Waals surface area contributed by atoms with E-state index in [9.17, 15) is 0 Å². The number of hydrazine groups is 1. The minimum absolute atomic E-state index is 0.0694. The summed E-state index contributed by atoms with van der Waals surface area (Å²) in [5, 5.41) is 3.61. The number of nitrogens with two attached hydrogens (primary N) is 1. The SMILES string of the molecule is C=C(CNCCC)C1CCC(C2CCC3CC(C)CCC3C2)C1(C)CC.CC(C)(C)NN. The third-order valence-corrected chi connectivity index (χ3v) is 9.36. The largest absolute Gasteiger partial charge is 0.313 e. The van der Waals surface area contributed by atoms with Gasteiger partial charge in [-0.15, -0.1) is 0 Å². The predicted molar refractivity (Wildman–Crippen MR) is 141 cm³/mol. The summed E-state index contributed by atoms with van der Waals surface area (Å²) in [7, 11) is 0. The van der Waals surface area contributed by atoms with Gasteiger partial charge in [-0.05, 0) is 126 Å². The third-order valence-electron chi connectivity index (χ3n) is 9.36. The Hall–Kier alpha value is -0.380. The summed E-state index contributed by atoms with van der Waals surface area (Å²) in [5.41, 5.74) is 4.66. The Morgan fingerprint density at radius 1 is 0.969 bits per heavy atom. The monoisotopic (exact) mass is 447 g/mol. The van der Waals surface area contributed by atoms with Gasteiger partial charge in [0, 0.05) is 12.1 Å². The first-order valence-corrected chi connectivity index (χ1v) is 13.9. The van der Waals surface area contributed by atoms with E-state index < -0.39 is 0 Å². The van der Waals surface area contributed by atoms with Gasteiger partial charge in [-0.3, -0.25) is 11.3 Å². The molecule has 3 aliphatic rings. The molecule has 3 heteroatoms. The number of hydrogen-bond acceptors (Lipinski definition) is 3. The van der Waals surface area contributed by atoms with Crippen LogP contribution in [0.25, 0.3) is 0 Å². The molecule has 0 saturated heterocycles. The zero-order valence-electron chi connectivity index (χ0n) is 22.7. The molecule has 7 unspecified atom stereocenters. The van der Waals surface area contributed by atoms with Crippen LogP contribution in [0.1, 0.15) is 113 Å². The van der Waals surface area contributed by atoms with Crippen molar-refractivity contribution < 1.29 is 0 Å². The molecule has 3 saturated carbocycles. The van der Waals surface area contributed by atoms with Crippen LogP contribution in [0, 0.1) is 40.9 Å². The van der Waals surface area contributed by atoms with Crippen molar-refractivity contribution in [3.63, 3.8) is 0 Å². The summed E-state index contributed by atoms with van der Waals surface area (Å²) < 4.78 is 0. The van der Waals surface area contributed by atoms with E-state index >= 15 is 0 Å². The number of nitrogens with one attached hydrogen (secondary N) is 2. The Balaban J connectivity index is 0.000000534. The fourth-order valence-electron chi connectivity index (χ4n) is 7.29. The first kappa shape index (κ1) is 27.9. The zero-order valence-corrected chi connectivity index (χ0v) is 22.7. The second-order valence-electron chi connectivity index (χ2n) is 12.8. The Morgan fingerprint density at radius 3 is 2.16 bits per heavy atom. The van der Waals surface area contributed by atoms with Gasteiger partial charge in [0.1, 0.15) is 0 Å². The first-order chi connectivity index (χ1) is 15.1. The van der Waals surface area contributed by atoms with E-state index in [-0.39, 0.29) is 5.54 Å². The lowest BCUT2D eigenvalue weighted by Gasteiger charge is -2.47. The maximum atomic E-state index is 5.06. The Bertz CT molecular complexity index is 565. The molecule has 3 aliphatic carbocycles. The van der Waals surface area contributed by atoms with Crippen molar-refractivity contribution in [3.8, 4) is 0 Å². The van der Waals surface area contributed by atoms with E-state index in [1.54, 1.807) is 6.42 Å². The average molecular weight is 448 g/mol. The smallest absolute Gasteiger partial charge is 0.0236 e. The fraction of sp³-hybridized carbons (Fsp3) is 0.931. The van der Waals surface area contributed by atoms with Crippen LogP contribution in [0.2, 0.25) is 0 Å². The van der Waals surface area contributed by atoms with Gasteiger partial charge in [0.15, 0.2) is 0 Å². The predicted octanol–water partition coefficient (Wildman–Crippen LogP) is 7.09. The first-order valence-electron chi connectivity index (χ1n) is 13.9. The summed E-state index contributed by atoms with van der Waals surface area (Å²) in [4.78, 5) is 0. The molecular weight excluding hydrogens is 390 g/mol. The van der Waals surface area contributed by atoms with Gasteiger partial charge in [0.05, 0.1) is 0 Å². The third kappa shape index (κ3) is 7.31. The minimum Gasteiger partial charge on any atom is -0.313 e. The lowest BCUT2D eigenvalue weighted by atomic mass is 9.58. The number of rotatable bonds is 7. The molecule has 0 radical (unpaired) electrons. The standard InChI is InChI=1S/C25H45N.C4H12N2/c1-6-14-26-17-19(4)23-12-13-24(25(23,5)7-2)22-11-10-20-15-18(3)8-9-21(20)16-22;1-4(2,3)6-5/h18,20-24,26H,4,6-17H2,1-3,5H3;6H,5H2,1-3H3. The van der Waals surface area contributed by atoms with Crippen molar-refractivity contribution >= 4 is 0 Å². The van der Waals surface area contributed by atoms with E-state index in [0.717, 1.165) is 48.6 Å². The van der Waals surface area contributed by atoms with Crippen LogP contribution in [0.3, 0.4) is 0 Å². The molecule has 4 N–H and O–H groups in total. The van der Waals surface area contributed by atoms with E-state index in [1.807, 2.05) is 20.8 Å². The van der Waals surface area contributed by atoms with Gasteiger partial charge in [-0.25, -0.2) is 0 Å². The van der Waals surface area contributed by atoms with E-state index in [2.05, 4.69) is 45.0 Å². The summed E-state index contributed by atoms with van der Waals surface area (Å²) in [6.07, 6.45) is 14.5. The molecule has 3 rings (SSSR count). The molecule has 0 aromatic rings. The zero-order chi connectivity index (χ0) is 23.9. The molecule has 0 spiro atoms.